The van der Waals surface area contributed by atoms with Crippen LogP contribution in [-0.4, -0.2) is 27.3 Å². The summed E-state index contributed by atoms with van der Waals surface area (Å²) >= 11 is 2.76. The van der Waals surface area contributed by atoms with Crippen LogP contribution in [0.2, 0.25) is 0 Å². The molecular formula is C15H15N3O2S2. The molecule has 1 atom stereocenters. The highest BCUT2D eigenvalue weighted by Crippen LogP contribution is 2.35. The third-order valence-corrected chi connectivity index (χ3v) is 5.57. The topological polar surface area (TPSA) is 63.2 Å². The first-order valence-corrected chi connectivity index (χ1v) is 8.70. The fraction of sp³-hybridized carbons (Fsp3) is 0.333. The summed E-state index contributed by atoms with van der Waals surface area (Å²) < 4.78 is 0.729. The zero-order chi connectivity index (χ0) is 15.7. The summed E-state index contributed by atoms with van der Waals surface area (Å²) in [6.07, 6.45) is 1.13. The molecule has 0 N–H and O–H groups in total. The first kappa shape index (κ1) is 15.2. The molecule has 0 saturated carbocycles. The van der Waals surface area contributed by atoms with Crippen LogP contribution in [0.3, 0.4) is 0 Å². The number of thioether (sulfide) groups is 1. The van der Waals surface area contributed by atoms with E-state index in [1.807, 2.05) is 31.2 Å². The van der Waals surface area contributed by atoms with E-state index in [1.165, 1.54) is 33.6 Å². The Morgan fingerprint density at radius 2 is 2.00 bits per heavy atom. The van der Waals surface area contributed by atoms with Crippen LogP contribution in [0.15, 0.2) is 28.6 Å². The summed E-state index contributed by atoms with van der Waals surface area (Å²) in [5, 5.41) is 8.39. The summed E-state index contributed by atoms with van der Waals surface area (Å²) in [6, 6.07) is 7.56. The molecule has 114 valence electrons. The summed E-state index contributed by atoms with van der Waals surface area (Å²) in [6.45, 7) is 3.93. The van der Waals surface area contributed by atoms with Crippen molar-refractivity contribution in [3.63, 3.8) is 0 Å². The number of carbonyl (C=O) groups is 2. The zero-order valence-electron chi connectivity index (χ0n) is 12.3. The molecule has 1 saturated heterocycles. The number of imide groups is 1. The molecule has 5 nitrogen and oxygen atoms in total. The van der Waals surface area contributed by atoms with Crippen molar-refractivity contribution in [1.29, 1.82) is 0 Å². The molecule has 0 radical (unpaired) electrons. The van der Waals surface area contributed by atoms with Gasteiger partial charge in [0.05, 0.1) is 5.69 Å². The van der Waals surface area contributed by atoms with Crippen LogP contribution in [0, 0.1) is 6.92 Å². The minimum Gasteiger partial charge on any atom is -0.274 e. The number of anilines is 1. The Balaban J connectivity index is 1.78. The van der Waals surface area contributed by atoms with Crippen LogP contribution in [0.4, 0.5) is 5.69 Å². The van der Waals surface area contributed by atoms with Gasteiger partial charge < -0.3 is 0 Å². The number of rotatable bonds is 4. The Labute approximate surface area is 136 Å². The maximum absolute atomic E-state index is 12.5. The normalized spacial score (nSPS) is 18.3. The maximum Gasteiger partial charge on any atom is 0.247 e. The molecule has 0 bridgehead atoms. The van der Waals surface area contributed by atoms with Crippen molar-refractivity contribution in [3.8, 4) is 0 Å². The van der Waals surface area contributed by atoms with Crippen molar-refractivity contribution in [2.45, 2.75) is 36.3 Å². The number of hydrogen-bond donors (Lipinski definition) is 0. The highest BCUT2D eigenvalue weighted by Gasteiger charge is 2.40. The van der Waals surface area contributed by atoms with E-state index >= 15 is 0 Å². The van der Waals surface area contributed by atoms with E-state index in [4.69, 9.17) is 0 Å². The van der Waals surface area contributed by atoms with Gasteiger partial charge >= 0.3 is 0 Å². The predicted molar refractivity (Wildman–Crippen MR) is 87.2 cm³/mol. The van der Waals surface area contributed by atoms with Crippen LogP contribution < -0.4 is 4.90 Å². The van der Waals surface area contributed by atoms with Gasteiger partial charge in [-0.2, -0.15) is 0 Å². The summed E-state index contributed by atoms with van der Waals surface area (Å²) in [5.74, 6) is -0.333. The minimum atomic E-state index is -0.411. The molecule has 3 rings (SSSR count). The molecule has 1 aliphatic heterocycles. The number of benzene rings is 1. The first-order valence-electron chi connectivity index (χ1n) is 7.01. The molecular weight excluding hydrogens is 318 g/mol. The van der Waals surface area contributed by atoms with Crippen LogP contribution in [0.25, 0.3) is 0 Å². The number of nitrogens with zero attached hydrogens (tertiary/aromatic N) is 3. The van der Waals surface area contributed by atoms with Gasteiger partial charge in [0, 0.05) is 6.42 Å². The second-order valence-electron chi connectivity index (χ2n) is 4.98. The number of aromatic nitrogens is 2. The van der Waals surface area contributed by atoms with E-state index in [-0.39, 0.29) is 18.2 Å². The van der Waals surface area contributed by atoms with Crippen molar-refractivity contribution < 1.29 is 9.59 Å². The monoisotopic (exact) mass is 333 g/mol. The number of hydrogen-bond acceptors (Lipinski definition) is 6. The molecule has 0 aliphatic carbocycles. The van der Waals surface area contributed by atoms with Gasteiger partial charge in [0.1, 0.15) is 10.3 Å². The van der Waals surface area contributed by atoms with Gasteiger partial charge in [-0.3, -0.25) is 9.59 Å². The average molecular weight is 333 g/mol. The Bertz CT molecular complexity index is 712. The summed E-state index contributed by atoms with van der Waals surface area (Å²) in [4.78, 5) is 26.0. The third kappa shape index (κ3) is 2.91. The van der Waals surface area contributed by atoms with E-state index < -0.39 is 5.25 Å². The summed E-state index contributed by atoms with van der Waals surface area (Å²) in [5.41, 5.74) is 1.82. The molecule has 2 aromatic rings. The molecule has 1 fully saturated rings. The van der Waals surface area contributed by atoms with Crippen molar-refractivity contribution in [1.82, 2.24) is 10.2 Å². The second kappa shape index (κ2) is 6.18. The smallest absolute Gasteiger partial charge is 0.247 e. The minimum absolute atomic E-state index is 0.159. The van der Waals surface area contributed by atoms with Crippen molar-refractivity contribution >= 4 is 40.6 Å². The van der Waals surface area contributed by atoms with Crippen molar-refractivity contribution in [3.05, 3.63) is 34.8 Å². The average Bonchev–Trinajstić information content (AvgIpc) is 3.03. The van der Waals surface area contributed by atoms with E-state index in [2.05, 4.69) is 17.1 Å². The van der Waals surface area contributed by atoms with Crippen molar-refractivity contribution in [2.24, 2.45) is 0 Å². The van der Waals surface area contributed by atoms with Crippen LogP contribution in [0.1, 0.15) is 23.9 Å². The third-order valence-electron chi connectivity index (χ3n) is 3.46. The fourth-order valence-corrected chi connectivity index (χ4v) is 4.38. The predicted octanol–water partition coefficient (Wildman–Crippen LogP) is 2.83. The second-order valence-corrected chi connectivity index (χ2v) is 7.62. The van der Waals surface area contributed by atoms with E-state index in [9.17, 15) is 9.59 Å². The van der Waals surface area contributed by atoms with Gasteiger partial charge in [-0.15, -0.1) is 10.2 Å². The van der Waals surface area contributed by atoms with Crippen LogP contribution >= 0.6 is 23.1 Å². The van der Waals surface area contributed by atoms with E-state index in [0.717, 1.165) is 15.8 Å². The highest BCUT2D eigenvalue weighted by molar-refractivity contribution is 8.02. The summed E-state index contributed by atoms with van der Waals surface area (Å²) in [7, 11) is 0. The Hall–Kier alpha value is -1.73. The standard InChI is InChI=1S/C15H15N3O2S2/c1-3-10-4-6-11(7-5-10)18-13(19)8-12(14(18)20)22-15-17-16-9(2)21-15/h4-7,12H,3,8H2,1-2H3. The van der Waals surface area contributed by atoms with Gasteiger partial charge in [-0.25, -0.2) is 4.90 Å². The molecule has 1 aliphatic rings. The van der Waals surface area contributed by atoms with Gasteiger partial charge in [0.25, 0.3) is 0 Å². The number of aryl methyl sites for hydroxylation is 2. The van der Waals surface area contributed by atoms with E-state index in [0.29, 0.717) is 5.69 Å². The molecule has 1 aromatic heterocycles. The Kier molecular flexibility index (Phi) is 4.26. The lowest BCUT2D eigenvalue weighted by molar-refractivity contribution is -0.121. The van der Waals surface area contributed by atoms with Gasteiger partial charge in [-0.05, 0) is 31.0 Å². The largest absolute Gasteiger partial charge is 0.274 e. The lowest BCUT2D eigenvalue weighted by atomic mass is 10.1. The zero-order valence-corrected chi connectivity index (χ0v) is 13.9. The molecule has 7 heteroatoms. The Morgan fingerprint density at radius 1 is 1.27 bits per heavy atom. The molecule has 1 aromatic carbocycles. The fourth-order valence-electron chi connectivity index (χ4n) is 2.30. The quantitative estimate of drug-likeness (QED) is 0.805. The molecule has 1 unspecified atom stereocenters. The molecule has 22 heavy (non-hydrogen) atoms. The van der Waals surface area contributed by atoms with Crippen LogP contribution in [0.5, 0.6) is 0 Å². The van der Waals surface area contributed by atoms with Gasteiger partial charge in [0.15, 0.2) is 4.34 Å². The van der Waals surface area contributed by atoms with Crippen LogP contribution in [-0.2, 0) is 16.0 Å². The Morgan fingerprint density at radius 3 is 2.59 bits per heavy atom. The highest BCUT2D eigenvalue weighted by atomic mass is 32.2. The lowest BCUT2D eigenvalue weighted by Gasteiger charge is -2.15. The number of amides is 2. The SMILES string of the molecule is CCc1ccc(N2C(=O)CC(Sc3nnc(C)s3)C2=O)cc1. The van der Waals surface area contributed by atoms with Gasteiger partial charge in [0.2, 0.25) is 11.8 Å². The maximum atomic E-state index is 12.5. The van der Waals surface area contributed by atoms with Gasteiger partial charge in [-0.1, -0.05) is 42.2 Å². The molecule has 2 amide bonds. The van der Waals surface area contributed by atoms with Crippen molar-refractivity contribution in [2.75, 3.05) is 4.90 Å². The first-order chi connectivity index (χ1) is 10.6. The lowest BCUT2D eigenvalue weighted by Crippen LogP contribution is -2.31. The molecule has 2 heterocycles. The molecule has 0 spiro atoms. The van der Waals surface area contributed by atoms with E-state index in [1.54, 1.807) is 0 Å². The number of carbonyl (C=O) groups excluding carboxylic acids is 2.